The van der Waals surface area contributed by atoms with E-state index >= 15 is 0 Å². The standard InChI is InChI=1S/C59H38N2O/c1-3-19-41(20-4-1)60(43-34-33-39-17-7-8-18-40(39)37-43)54-30-16-29-52-57(54)49-25-10-13-28-51(49)59(52)50-27-12-9-23-45(50)46-36-35-44(38-53(46)59)61(42-21-5-2-6-22-42)55-31-15-26-48-47-24-11-14-32-56(47)62-58(48)55/h1-38H. The van der Waals surface area contributed by atoms with E-state index in [1.165, 1.54) is 55.3 Å². The molecule has 0 aliphatic heterocycles. The summed E-state index contributed by atoms with van der Waals surface area (Å²) in [5, 5.41) is 4.65. The minimum absolute atomic E-state index is 0.580. The van der Waals surface area contributed by atoms with Gasteiger partial charge in [-0.25, -0.2) is 0 Å². The van der Waals surface area contributed by atoms with Gasteiger partial charge in [0, 0.05) is 39.1 Å². The summed E-state index contributed by atoms with van der Waals surface area (Å²) in [6, 6.07) is 84.0. The first-order chi connectivity index (χ1) is 30.8. The number of anilines is 6. The van der Waals surface area contributed by atoms with Crippen molar-refractivity contribution in [3.05, 3.63) is 253 Å². The molecule has 1 aromatic heterocycles. The van der Waals surface area contributed by atoms with Gasteiger partial charge in [0.25, 0.3) is 0 Å². The van der Waals surface area contributed by atoms with Crippen molar-refractivity contribution < 1.29 is 4.42 Å². The van der Waals surface area contributed by atoms with Crippen LogP contribution < -0.4 is 9.80 Å². The fourth-order valence-corrected chi connectivity index (χ4v) is 10.7. The lowest BCUT2D eigenvalue weighted by Gasteiger charge is -2.33. The Balaban J connectivity index is 1.09. The topological polar surface area (TPSA) is 19.6 Å². The average Bonchev–Trinajstić information content (AvgIpc) is 3.97. The van der Waals surface area contributed by atoms with E-state index in [0.717, 1.165) is 56.1 Å². The summed E-state index contributed by atoms with van der Waals surface area (Å²) in [5.74, 6) is 0. The van der Waals surface area contributed by atoms with Crippen molar-refractivity contribution in [3.8, 4) is 22.3 Å². The second-order valence-electron chi connectivity index (χ2n) is 16.4. The Labute approximate surface area is 360 Å². The van der Waals surface area contributed by atoms with Gasteiger partial charge in [-0.3, -0.25) is 0 Å². The summed E-state index contributed by atoms with van der Waals surface area (Å²) in [5.41, 5.74) is 17.9. The van der Waals surface area contributed by atoms with E-state index in [-0.39, 0.29) is 0 Å². The maximum atomic E-state index is 6.72. The number of hydrogen-bond acceptors (Lipinski definition) is 3. The second kappa shape index (κ2) is 13.4. The minimum Gasteiger partial charge on any atom is -0.454 e. The number of nitrogens with zero attached hydrogens (tertiary/aromatic N) is 2. The van der Waals surface area contributed by atoms with Crippen molar-refractivity contribution in [1.29, 1.82) is 0 Å². The molecule has 0 N–H and O–H groups in total. The van der Waals surface area contributed by atoms with Gasteiger partial charge in [0.2, 0.25) is 0 Å². The van der Waals surface area contributed by atoms with Crippen LogP contribution in [0.5, 0.6) is 0 Å². The highest BCUT2D eigenvalue weighted by atomic mass is 16.3. The van der Waals surface area contributed by atoms with Crippen LogP contribution in [0.2, 0.25) is 0 Å². The smallest absolute Gasteiger partial charge is 0.159 e. The molecule has 1 spiro atoms. The summed E-state index contributed by atoms with van der Waals surface area (Å²) in [4.78, 5) is 4.82. The molecule has 3 nitrogen and oxygen atoms in total. The van der Waals surface area contributed by atoms with Crippen LogP contribution >= 0.6 is 0 Å². The number of furan rings is 1. The predicted molar refractivity (Wildman–Crippen MR) is 257 cm³/mol. The maximum Gasteiger partial charge on any atom is 0.159 e. The Morgan fingerprint density at radius 2 is 0.871 bits per heavy atom. The molecule has 10 aromatic carbocycles. The molecule has 0 saturated heterocycles. The first-order valence-electron chi connectivity index (χ1n) is 21.3. The Morgan fingerprint density at radius 1 is 0.323 bits per heavy atom. The Morgan fingerprint density at radius 3 is 1.68 bits per heavy atom. The van der Waals surface area contributed by atoms with Gasteiger partial charge in [0.15, 0.2) is 5.58 Å². The molecule has 0 radical (unpaired) electrons. The van der Waals surface area contributed by atoms with Gasteiger partial charge < -0.3 is 14.2 Å². The fourth-order valence-electron chi connectivity index (χ4n) is 10.7. The van der Waals surface area contributed by atoms with Gasteiger partial charge >= 0.3 is 0 Å². The zero-order valence-corrected chi connectivity index (χ0v) is 33.7. The molecule has 13 rings (SSSR count). The van der Waals surface area contributed by atoms with Crippen LogP contribution in [-0.2, 0) is 5.41 Å². The van der Waals surface area contributed by atoms with E-state index in [4.69, 9.17) is 4.42 Å². The second-order valence-corrected chi connectivity index (χ2v) is 16.4. The SMILES string of the molecule is c1ccc(N(c2ccc3ccccc3c2)c2cccc3c2-c2ccccc2C32c3ccccc3-c3ccc(N(c4ccccc4)c4cccc5c4oc4ccccc45)cc32)cc1. The molecule has 1 atom stereocenters. The van der Waals surface area contributed by atoms with Crippen molar-refractivity contribution in [2.24, 2.45) is 0 Å². The molecular weight excluding hydrogens is 753 g/mol. The largest absolute Gasteiger partial charge is 0.454 e. The predicted octanol–water partition coefficient (Wildman–Crippen LogP) is 16.0. The average molecular weight is 791 g/mol. The lowest BCUT2D eigenvalue weighted by atomic mass is 9.70. The zero-order chi connectivity index (χ0) is 40.8. The molecule has 0 saturated carbocycles. The molecular formula is C59H38N2O. The number of benzene rings is 10. The van der Waals surface area contributed by atoms with Crippen LogP contribution in [0.25, 0.3) is 55.0 Å². The number of para-hydroxylation sites is 4. The highest BCUT2D eigenvalue weighted by molar-refractivity contribution is 6.10. The Bertz CT molecular complexity index is 3550. The van der Waals surface area contributed by atoms with Gasteiger partial charge in [-0.15, -0.1) is 0 Å². The van der Waals surface area contributed by atoms with Crippen LogP contribution in [0.3, 0.4) is 0 Å². The van der Waals surface area contributed by atoms with E-state index in [9.17, 15) is 0 Å². The third kappa shape index (κ3) is 4.88. The number of fused-ring (bicyclic) bond motifs is 14. The molecule has 0 amide bonds. The summed E-state index contributed by atoms with van der Waals surface area (Å²) in [6.07, 6.45) is 0. The zero-order valence-electron chi connectivity index (χ0n) is 33.7. The van der Waals surface area contributed by atoms with E-state index < -0.39 is 5.41 Å². The van der Waals surface area contributed by atoms with Gasteiger partial charge in [0.05, 0.1) is 16.8 Å². The summed E-state index contributed by atoms with van der Waals surface area (Å²) < 4.78 is 6.72. The molecule has 1 unspecified atom stereocenters. The van der Waals surface area contributed by atoms with Gasteiger partial charge in [-0.1, -0.05) is 164 Å². The van der Waals surface area contributed by atoms with Crippen molar-refractivity contribution in [2.75, 3.05) is 9.80 Å². The highest BCUT2D eigenvalue weighted by Crippen LogP contribution is 2.65. The molecule has 0 fully saturated rings. The molecule has 0 bridgehead atoms. The molecule has 3 heteroatoms. The van der Waals surface area contributed by atoms with Crippen LogP contribution in [0.1, 0.15) is 22.3 Å². The Hall–Kier alpha value is -8.14. The Kier molecular flexibility index (Phi) is 7.52. The first-order valence-corrected chi connectivity index (χ1v) is 21.3. The lowest BCUT2D eigenvalue weighted by molar-refractivity contribution is 0.669. The molecule has 11 aromatic rings. The van der Waals surface area contributed by atoms with Gasteiger partial charge in [0.1, 0.15) is 5.58 Å². The maximum absolute atomic E-state index is 6.72. The van der Waals surface area contributed by atoms with Crippen molar-refractivity contribution in [2.45, 2.75) is 5.41 Å². The van der Waals surface area contributed by atoms with Gasteiger partial charge in [-0.2, -0.15) is 0 Å². The highest BCUT2D eigenvalue weighted by Gasteiger charge is 2.52. The summed E-state index contributed by atoms with van der Waals surface area (Å²) in [7, 11) is 0. The van der Waals surface area contributed by atoms with E-state index in [2.05, 4.69) is 234 Å². The quantitative estimate of drug-likeness (QED) is 0.167. The molecule has 290 valence electrons. The van der Waals surface area contributed by atoms with Crippen LogP contribution in [0.4, 0.5) is 34.1 Å². The number of rotatable bonds is 6. The molecule has 62 heavy (non-hydrogen) atoms. The summed E-state index contributed by atoms with van der Waals surface area (Å²) in [6.45, 7) is 0. The van der Waals surface area contributed by atoms with Crippen LogP contribution in [0, 0.1) is 0 Å². The number of hydrogen-bond donors (Lipinski definition) is 0. The van der Waals surface area contributed by atoms with Crippen LogP contribution in [-0.4, -0.2) is 0 Å². The van der Waals surface area contributed by atoms with Crippen molar-refractivity contribution in [3.63, 3.8) is 0 Å². The van der Waals surface area contributed by atoms with Crippen LogP contribution in [0.15, 0.2) is 235 Å². The molecule has 2 aliphatic rings. The lowest BCUT2D eigenvalue weighted by Crippen LogP contribution is -2.26. The van der Waals surface area contributed by atoms with E-state index in [1.807, 2.05) is 6.07 Å². The minimum atomic E-state index is -0.580. The summed E-state index contributed by atoms with van der Waals surface area (Å²) >= 11 is 0. The fraction of sp³-hybridized carbons (Fsp3) is 0.0169. The normalized spacial score (nSPS) is 14.5. The van der Waals surface area contributed by atoms with E-state index in [0.29, 0.717) is 0 Å². The van der Waals surface area contributed by atoms with Crippen molar-refractivity contribution in [1.82, 2.24) is 0 Å². The molecule has 1 heterocycles. The third-order valence-corrected chi connectivity index (χ3v) is 13.2. The van der Waals surface area contributed by atoms with Gasteiger partial charge in [-0.05, 0) is 116 Å². The third-order valence-electron chi connectivity index (χ3n) is 13.2. The molecule has 2 aliphatic carbocycles. The van der Waals surface area contributed by atoms with Crippen molar-refractivity contribution >= 4 is 66.8 Å². The monoisotopic (exact) mass is 790 g/mol. The van der Waals surface area contributed by atoms with E-state index in [1.54, 1.807) is 0 Å². The first kappa shape index (κ1) is 34.7.